The van der Waals surface area contributed by atoms with E-state index in [0.29, 0.717) is 18.3 Å². The summed E-state index contributed by atoms with van der Waals surface area (Å²) in [6, 6.07) is 7.66. The molecule has 0 saturated carbocycles. The lowest BCUT2D eigenvalue weighted by Gasteiger charge is -2.23. The van der Waals surface area contributed by atoms with E-state index >= 15 is 0 Å². The number of hydrogen-bond acceptors (Lipinski definition) is 5. The second-order valence-electron chi connectivity index (χ2n) is 6.25. The summed E-state index contributed by atoms with van der Waals surface area (Å²) in [5.74, 6) is 1.08. The van der Waals surface area contributed by atoms with Gasteiger partial charge < -0.3 is 14.8 Å². The Bertz CT molecular complexity index is 753. The Morgan fingerprint density at radius 3 is 2.81 bits per heavy atom. The summed E-state index contributed by atoms with van der Waals surface area (Å²) in [5, 5.41) is 4.02. The number of para-hydroxylation sites is 2. The van der Waals surface area contributed by atoms with Gasteiger partial charge in [0.25, 0.3) is 0 Å². The molecule has 0 fully saturated rings. The Morgan fingerprint density at radius 1 is 1.29 bits per heavy atom. The Balaban J connectivity index is 1.85. The van der Waals surface area contributed by atoms with Gasteiger partial charge in [-0.25, -0.2) is 4.98 Å². The number of nitrogens with zero attached hydrogens (tertiary/aromatic N) is 4. The van der Waals surface area contributed by atoms with E-state index in [9.17, 15) is 0 Å². The molecule has 0 unspecified atom stereocenters. The number of aromatic nitrogens is 4. The molecule has 3 rings (SSSR count). The van der Waals surface area contributed by atoms with Crippen LogP contribution in [-0.2, 0) is 6.54 Å². The lowest BCUT2D eigenvalue weighted by Crippen LogP contribution is -2.26. The maximum absolute atomic E-state index is 6.13. The van der Waals surface area contributed by atoms with Crippen LogP contribution in [0.2, 0.25) is 0 Å². The topological polar surface area (TPSA) is 82.8 Å². The largest absolute Gasteiger partial charge is 0.338 e. The molecule has 1 atom stereocenters. The fourth-order valence-electron chi connectivity index (χ4n) is 2.12. The van der Waals surface area contributed by atoms with E-state index in [0.717, 1.165) is 11.0 Å². The number of imidazole rings is 1. The van der Waals surface area contributed by atoms with Gasteiger partial charge in [-0.15, -0.1) is 0 Å². The van der Waals surface area contributed by atoms with Crippen LogP contribution in [0.15, 0.2) is 35.1 Å². The first-order valence-corrected chi connectivity index (χ1v) is 6.93. The maximum Gasteiger partial charge on any atom is 0.244 e. The highest BCUT2D eigenvalue weighted by Gasteiger charge is 2.27. The van der Waals surface area contributed by atoms with Crippen LogP contribution < -0.4 is 5.73 Å². The minimum Gasteiger partial charge on any atom is -0.338 e. The summed E-state index contributed by atoms with van der Waals surface area (Å²) in [4.78, 5) is 8.76. The molecule has 3 aromatic rings. The molecular weight excluding hydrogens is 266 g/mol. The lowest BCUT2D eigenvalue weighted by molar-refractivity contribution is 0.252. The van der Waals surface area contributed by atoms with E-state index < -0.39 is 0 Å². The zero-order chi connectivity index (χ0) is 15.0. The quantitative estimate of drug-likeness (QED) is 0.799. The number of hydrogen-bond donors (Lipinski definition) is 1. The van der Waals surface area contributed by atoms with Crippen LogP contribution >= 0.6 is 0 Å². The van der Waals surface area contributed by atoms with E-state index in [4.69, 9.17) is 10.3 Å². The van der Waals surface area contributed by atoms with Crippen molar-refractivity contribution in [2.45, 2.75) is 33.4 Å². The van der Waals surface area contributed by atoms with Gasteiger partial charge in [-0.05, 0) is 17.5 Å². The smallest absolute Gasteiger partial charge is 0.244 e. The predicted octanol–water partition coefficient (Wildman–Crippen LogP) is 2.51. The van der Waals surface area contributed by atoms with Gasteiger partial charge in [0, 0.05) is 0 Å². The molecule has 0 aliphatic rings. The van der Waals surface area contributed by atoms with Crippen molar-refractivity contribution in [3.8, 4) is 0 Å². The van der Waals surface area contributed by atoms with Gasteiger partial charge in [0.05, 0.1) is 29.9 Å². The van der Waals surface area contributed by atoms with Crippen LogP contribution in [0, 0.1) is 5.41 Å². The summed E-state index contributed by atoms with van der Waals surface area (Å²) in [6.45, 7) is 6.65. The number of nitrogens with two attached hydrogens (primary N) is 1. The highest BCUT2D eigenvalue weighted by molar-refractivity contribution is 5.74. The van der Waals surface area contributed by atoms with Crippen molar-refractivity contribution >= 4 is 11.0 Å². The minimum absolute atomic E-state index is 0.120. The molecular formula is C15H19N5O. The van der Waals surface area contributed by atoms with Crippen molar-refractivity contribution in [1.29, 1.82) is 0 Å². The highest BCUT2D eigenvalue weighted by Crippen LogP contribution is 2.29. The minimum atomic E-state index is -0.279. The van der Waals surface area contributed by atoms with Gasteiger partial charge in [0.2, 0.25) is 5.89 Å². The van der Waals surface area contributed by atoms with Crippen LogP contribution in [0.1, 0.15) is 38.5 Å². The summed E-state index contributed by atoms with van der Waals surface area (Å²) < 4.78 is 7.29. The first-order chi connectivity index (χ1) is 9.95. The average Bonchev–Trinajstić information content (AvgIpc) is 3.05. The molecule has 0 amide bonds. The molecule has 6 heteroatoms. The molecule has 110 valence electrons. The summed E-state index contributed by atoms with van der Waals surface area (Å²) in [6.07, 6.45) is 1.78. The van der Waals surface area contributed by atoms with E-state index in [1.54, 1.807) is 6.33 Å². The van der Waals surface area contributed by atoms with Crippen LogP contribution in [-0.4, -0.2) is 19.7 Å². The SMILES string of the molecule is CC(C)(C)[C@H](N)c1nc(Cn2cnc3ccccc32)no1. The van der Waals surface area contributed by atoms with Crippen molar-refractivity contribution < 1.29 is 4.52 Å². The van der Waals surface area contributed by atoms with Crippen molar-refractivity contribution in [2.75, 3.05) is 0 Å². The van der Waals surface area contributed by atoms with Gasteiger partial charge in [-0.3, -0.25) is 0 Å². The van der Waals surface area contributed by atoms with Crippen LogP contribution in [0.3, 0.4) is 0 Å². The summed E-state index contributed by atoms with van der Waals surface area (Å²) >= 11 is 0. The summed E-state index contributed by atoms with van der Waals surface area (Å²) in [7, 11) is 0. The molecule has 2 N–H and O–H groups in total. The van der Waals surface area contributed by atoms with Gasteiger partial charge in [0.1, 0.15) is 0 Å². The van der Waals surface area contributed by atoms with E-state index in [1.165, 1.54) is 0 Å². The van der Waals surface area contributed by atoms with Gasteiger partial charge in [0.15, 0.2) is 5.82 Å². The molecule has 0 radical (unpaired) electrons. The van der Waals surface area contributed by atoms with E-state index in [2.05, 4.69) is 15.1 Å². The first kappa shape index (κ1) is 13.8. The molecule has 2 aromatic heterocycles. The van der Waals surface area contributed by atoms with Crippen molar-refractivity contribution in [1.82, 2.24) is 19.7 Å². The van der Waals surface area contributed by atoms with Crippen LogP contribution in [0.4, 0.5) is 0 Å². The number of rotatable bonds is 3. The molecule has 21 heavy (non-hydrogen) atoms. The Kier molecular flexibility index (Phi) is 3.25. The van der Waals surface area contributed by atoms with E-state index in [-0.39, 0.29) is 11.5 Å². The zero-order valence-electron chi connectivity index (χ0n) is 12.4. The lowest BCUT2D eigenvalue weighted by atomic mass is 9.87. The third kappa shape index (κ3) is 2.67. The Morgan fingerprint density at radius 2 is 2.05 bits per heavy atom. The molecule has 0 saturated heterocycles. The average molecular weight is 285 g/mol. The zero-order valence-corrected chi connectivity index (χ0v) is 12.4. The normalized spacial score (nSPS) is 13.7. The second-order valence-corrected chi connectivity index (χ2v) is 6.25. The molecule has 0 spiro atoms. The van der Waals surface area contributed by atoms with Gasteiger partial charge in [-0.2, -0.15) is 4.98 Å². The number of fused-ring (bicyclic) bond motifs is 1. The van der Waals surface area contributed by atoms with Crippen LogP contribution in [0.25, 0.3) is 11.0 Å². The third-order valence-electron chi connectivity index (χ3n) is 3.52. The number of benzene rings is 1. The third-order valence-corrected chi connectivity index (χ3v) is 3.52. The van der Waals surface area contributed by atoms with Crippen molar-refractivity contribution in [3.05, 3.63) is 42.3 Å². The Labute approximate surface area is 123 Å². The second kappa shape index (κ2) is 4.96. The van der Waals surface area contributed by atoms with Crippen molar-refractivity contribution in [3.63, 3.8) is 0 Å². The molecule has 6 nitrogen and oxygen atoms in total. The molecule has 2 heterocycles. The Hall–Kier alpha value is -2.21. The highest BCUT2D eigenvalue weighted by atomic mass is 16.5. The first-order valence-electron chi connectivity index (χ1n) is 6.93. The molecule has 1 aromatic carbocycles. The predicted molar refractivity (Wildman–Crippen MR) is 79.5 cm³/mol. The van der Waals surface area contributed by atoms with Crippen LogP contribution in [0.5, 0.6) is 0 Å². The van der Waals surface area contributed by atoms with E-state index in [1.807, 2.05) is 49.6 Å². The molecule has 0 bridgehead atoms. The van der Waals surface area contributed by atoms with Crippen molar-refractivity contribution in [2.24, 2.45) is 11.1 Å². The van der Waals surface area contributed by atoms with Gasteiger partial charge in [-0.1, -0.05) is 38.1 Å². The standard InChI is InChI=1S/C15H19N5O/c1-15(2,3)13(16)14-18-12(19-21-14)8-20-9-17-10-6-4-5-7-11(10)20/h4-7,9,13H,8,16H2,1-3H3/t13-/m1/s1. The maximum atomic E-state index is 6.13. The summed E-state index contributed by atoms with van der Waals surface area (Å²) in [5.41, 5.74) is 8.01. The molecule has 0 aliphatic heterocycles. The fourth-order valence-corrected chi connectivity index (χ4v) is 2.12. The van der Waals surface area contributed by atoms with Gasteiger partial charge >= 0.3 is 0 Å². The fraction of sp³-hybridized carbons (Fsp3) is 0.400. The monoisotopic (exact) mass is 285 g/mol. The molecule has 0 aliphatic carbocycles.